The zero-order valence-electron chi connectivity index (χ0n) is 10.4. The van der Waals surface area contributed by atoms with Crippen LogP contribution >= 0.6 is 0 Å². The summed E-state index contributed by atoms with van der Waals surface area (Å²) in [6, 6.07) is 0. The van der Waals surface area contributed by atoms with E-state index >= 15 is 0 Å². The van der Waals surface area contributed by atoms with E-state index in [1.54, 1.807) is 0 Å². The first-order valence-electron chi connectivity index (χ1n) is 6.47. The lowest BCUT2D eigenvalue weighted by Gasteiger charge is -1.97. The van der Waals surface area contributed by atoms with Gasteiger partial charge < -0.3 is 0 Å². The van der Waals surface area contributed by atoms with Crippen molar-refractivity contribution in [1.29, 1.82) is 0 Å². The normalized spacial score (nSPS) is 11.9. The Kier molecular flexibility index (Phi) is 13.0. The Morgan fingerprint density at radius 2 is 1.33 bits per heavy atom. The molecule has 0 rings (SSSR count). The minimum absolute atomic E-state index is 1.10. The first kappa shape index (κ1) is 14.5. The maximum absolute atomic E-state index is 3.85. The number of rotatable bonds is 10. The summed E-state index contributed by atoms with van der Waals surface area (Å²) >= 11 is 0. The summed E-state index contributed by atoms with van der Waals surface area (Å²) in [7, 11) is 0. The standard InChI is InChI=1S/C15H27/c1-3-5-7-9-11-13-15-14-12-10-8-6-4-2/h4,6,12,14H,1,3,5,7-11,13,15H2,2H3. The van der Waals surface area contributed by atoms with E-state index in [4.69, 9.17) is 0 Å². The predicted molar refractivity (Wildman–Crippen MR) is 70.9 cm³/mol. The first-order valence-corrected chi connectivity index (χ1v) is 6.47. The van der Waals surface area contributed by atoms with Gasteiger partial charge in [0.15, 0.2) is 0 Å². The third-order valence-electron chi connectivity index (χ3n) is 2.52. The Morgan fingerprint density at radius 1 is 0.733 bits per heavy atom. The fraction of sp³-hybridized carbons (Fsp3) is 0.667. The molecule has 0 N–H and O–H groups in total. The Morgan fingerprint density at radius 3 is 2.07 bits per heavy atom. The van der Waals surface area contributed by atoms with Crippen LogP contribution in [0.5, 0.6) is 0 Å². The highest BCUT2D eigenvalue weighted by Gasteiger charge is 1.87. The third kappa shape index (κ3) is 13.5. The summed E-state index contributed by atoms with van der Waals surface area (Å²) in [6.45, 7) is 5.93. The lowest BCUT2D eigenvalue weighted by atomic mass is 10.1. The largest absolute Gasteiger partial charge is 0.0917 e. The van der Waals surface area contributed by atoms with Crippen LogP contribution < -0.4 is 0 Å². The van der Waals surface area contributed by atoms with Gasteiger partial charge in [0.25, 0.3) is 0 Å². The Balaban J connectivity index is 3.03. The SMILES string of the molecule is [CH2]CCCCCCCC=CCCC=CC. The van der Waals surface area contributed by atoms with Crippen LogP contribution in [0.3, 0.4) is 0 Å². The summed E-state index contributed by atoms with van der Waals surface area (Å²) in [5, 5.41) is 0. The number of unbranched alkanes of at least 4 members (excludes halogenated alkanes) is 7. The molecular formula is C15H27. The lowest BCUT2D eigenvalue weighted by molar-refractivity contribution is 0.621. The Labute approximate surface area is 96.5 Å². The molecule has 0 aromatic carbocycles. The second-order valence-electron chi connectivity index (χ2n) is 4.03. The average Bonchev–Trinajstić information content (AvgIpc) is 2.26. The minimum atomic E-state index is 1.10. The van der Waals surface area contributed by atoms with Crippen LogP contribution in [0, 0.1) is 6.92 Å². The molecule has 0 saturated heterocycles. The van der Waals surface area contributed by atoms with E-state index in [1.807, 2.05) is 0 Å². The van der Waals surface area contributed by atoms with Gasteiger partial charge in [0.2, 0.25) is 0 Å². The van der Waals surface area contributed by atoms with Crippen molar-refractivity contribution in [2.45, 2.75) is 64.7 Å². The number of allylic oxidation sites excluding steroid dienone is 4. The van der Waals surface area contributed by atoms with Crippen LogP contribution in [0.25, 0.3) is 0 Å². The topological polar surface area (TPSA) is 0 Å². The summed E-state index contributed by atoms with van der Waals surface area (Å²) in [5.41, 5.74) is 0. The Bertz CT molecular complexity index is 153. The summed E-state index contributed by atoms with van der Waals surface area (Å²) in [5.74, 6) is 0. The highest BCUT2D eigenvalue weighted by molar-refractivity contribution is 4.86. The second-order valence-corrected chi connectivity index (χ2v) is 4.03. The maximum Gasteiger partial charge on any atom is -0.0316 e. The van der Waals surface area contributed by atoms with Crippen molar-refractivity contribution >= 4 is 0 Å². The molecule has 0 aromatic rings. The molecule has 0 bridgehead atoms. The second kappa shape index (κ2) is 13.5. The zero-order valence-corrected chi connectivity index (χ0v) is 10.4. The average molecular weight is 207 g/mol. The molecule has 0 aliphatic carbocycles. The van der Waals surface area contributed by atoms with Gasteiger partial charge in [-0.2, -0.15) is 0 Å². The lowest BCUT2D eigenvalue weighted by Crippen LogP contribution is -1.77. The molecule has 0 nitrogen and oxygen atoms in total. The van der Waals surface area contributed by atoms with Crippen molar-refractivity contribution in [3.63, 3.8) is 0 Å². The van der Waals surface area contributed by atoms with Crippen molar-refractivity contribution in [2.75, 3.05) is 0 Å². The molecule has 0 aromatic heterocycles. The van der Waals surface area contributed by atoms with Gasteiger partial charge in [0.1, 0.15) is 0 Å². The van der Waals surface area contributed by atoms with Gasteiger partial charge in [-0.3, -0.25) is 0 Å². The molecule has 0 atom stereocenters. The molecule has 0 fully saturated rings. The number of hydrogen-bond acceptors (Lipinski definition) is 0. The van der Waals surface area contributed by atoms with Crippen LogP contribution in [0.2, 0.25) is 0 Å². The van der Waals surface area contributed by atoms with Gasteiger partial charge in [-0.05, 0) is 32.6 Å². The highest BCUT2D eigenvalue weighted by Crippen LogP contribution is 2.07. The van der Waals surface area contributed by atoms with E-state index in [2.05, 4.69) is 38.2 Å². The molecule has 0 aliphatic rings. The molecule has 0 saturated carbocycles. The van der Waals surface area contributed by atoms with Crippen LogP contribution in [-0.2, 0) is 0 Å². The quantitative estimate of drug-likeness (QED) is 0.329. The molecule has 0 spiro atoms. The molecule has 0 heteroatoms. The van der Waals surface area contributed by atoms with Gasteiger partial charge in [0.05, 0.1) is 0 Å². The van der Waals surface area contributed by atoms with Gasteiger partial charge in [-0.25, -0.2) is 0 Å². The third-order valence-corrected chi connectivity index (χ3v) is 2.52. The summed E-state index contributed by atoms with van der Waals surface area (Å²) in [6.07, 6.45) is 20.6. The fourth-order valence-corrected chi connectivity index (χ4v) is 1.56. The van der Waals surface area contributed by atoms with Crippen molar-refractivity contribution in [1.82, 2.24) is 0 Å². The summed E-state index contributed by atoms with van der Waals surface area (Å²) in [4.78, 5) is 0. The van der Waals surface area contributed by atoms with Crippen molar-refractivity contribution in [2.24, 2.45) is 0 Å². The first-order chi connectivity index (χ1) is 7.41. The highest BCUT2D eigenvalue weighted by atomic mass is 13.9. The van der Waals surface area contributed by atoms with Crippen LogP contribution in [0.4, 0.5) is 0 Å². The van der Waals surface area contributed by atoms with E-state index in [-0.39, 0.29) is 0 Å². The number of hydrogen-bond donors (Lipinski definition) is 0. The smallest absolute Gasteiger partial charge is 0.0316 e. The van der Waals surface area contributed by atoms with Crippen molar-refractivity contribution in [3.05, 3.63) is 31.2 Å². The van der Waals surface area contributed by atoms with E-state index in [0.29, 0.717) is 0 Å². The molecule has 0 heterocycles. The molecule has 0 amide bonds. The van der Waals surface area contributed by atoms with Gasteiger partial charge >= 0.3 is 0 Å². The van der Waals surface area contributed by atoms with E-state index in [9.17, 15) is 0 Å². The molecule has 0 aliphatic heterocycles. The van der Waals surface area contributed by atoms with E-state index in [1.165, 1.54) is 51.4 Å². The van der Waals surface area contributed by atoms with Crippen LogP contribution in [-0.4, -0.2) is 0 Å². The molecule has 15 heavy (non-hydrogen) atoms. The van der Waals surface area contributed by atoms with Crippen LogP contribution in [0.15, 0.2) is 24.3 Å². The van der Waals surface area contributed by atoms with E-state index < -0.39 is 0 Å². The minimum Gasteiger partial charge on any atom is -0.0917 e. The molecule has 0 unspecified atom stereocenters. The van der Waals surface area contributed by atoms with E-state index in [0.717, 1.165) is 6.42 Å². The molecular weight excluding hydrogens is 180 g/mol. The van der Waals surface area contributed by atoms with Gasteiger partial charge in [0, 0.05) is 0 Å². The molecule has 1 radical (unpaired) electrons. The Hall–Kier alpha value is -0.520. The fourth-order valence-electron chi connectivity index (χ4n) is 1.56. The van der Waals surface area contributed by atoms with Crippen LogP contribution in [0.1, 0.15) is 64.7 Å². The maximum atomic E-state index is 3.85. The van der Waals surface area contributed by atoms with Crippen molar-refractivity contribution < 1.29 is 0 Å². The monoisotopic (exact) mass is 207 g/mol. The predicted octanol–water partition coefficient (Wildman–Crippen LogP) is 5.46. The molecule has 87 valence electrons. The van der Waals surface area contributed by atoms with Gasteiger partial charge in [-0.15, -0.1) is 0 Å². The zero-order chi connectivity index (χ0) is 11.2. The van der Waals surface area contributed by atoms with Crippen molar-refractivity contribution in [3.8, 4) is 0 Å². The van der Waals surface area contributed by atoms with Gasteiger partial charge in [-0.1, -0.05) is 63.3 Å². The summed E-state index contributed by atoms with van der Waals surface area (Å²) < 4.78 is 0.